The van der Waals surface area contributed by atoms with E-state index in [0.29, 0.717) is 21.0 Å². The zero-order chi connectivity index (χ0) is 19.6. The van der Waals surface area contributed by atoms with Gasteiger partial charge in [-0.25, -0.2) is 4.98 Å². The Kier molecular flexibility index (Phi) is 5.13. The van der Waals surface area contributed by atoms with Crippen molar-refractivity contribution < 1.29 is 22.7 Å². The van der Waals surface area contributed by atoms with E-state index in [1.807, 2.05) is 0 Å². The number of carbonyl (C=O) groups excluding carboxylic acids is 1. The Morgan fingerprint density at radius 1 is 1.30 bits per heavy atom. The molecule has 2 aromatic heterocycles. The molecule has 1 N–H and O–H groups in total. The Hall–Kier alpha value is -2.94. The summed E-state index contributed by atoms with van der Waals surface area (Å²) in [4.78, 5) is 16.4. The Labute approximate surface area is 156 Å². The number of alkyl halides is 3. The molecule has 0 aliphatic rings. The van der Waals surface area contributed by atoms with Gasteiger partial charge in [-0.1, -0.05) is 6.07 Å². The first-order valence-electron chi connectivity index (χ1n) is 7.84. The Bertz CT molecular complexity index is 986. The van der Waals surface area contributed by atoms with Crippen LogP contribution in [-0.2, 0) is 12.7 Å². The second-order valence-corrected chi connectivity index (χ2v) is 6.62. The fraction of sp³-hybridized carbons (Fsp3) is 0.167. The third kappa shape index (κ3) is 4.25. The van der Waals surface area contributed by atoms with Gasteiger partial charge in [0.05, 0.1) is 5.56 Å². The lowest BCUT2D eigenvalue weighted by Crippen LogP contribution is -2.35. The predicted molar refractivity (Wildman–Crippen MR) is 93.9 cm³/mol. The summed E-state index contributed by atoms with van der Waals surface area (Å²) >= 11 is 1.16. The van der Waals surface area contributed by atoms with E-state index in [4.69, 9.17) is 0 Å². The third-order valence-electron chi connectivity index (χ3n) is 3.85. The van der Waals surface area contributed by atoms with Crippen molar-refractivity contribution in [3.63, 3.8) is 0 Å². The summed E-state index contributed by atoms with van der Waals surface area (Å²) < 4.78 is 39.2. The summed E-state index contributed by atoms with van der Waals surface area (Å²) in [7, 11) is 0. The van der Waals surface area contributed by atoms with Crippen LogP contribution in [0, 0.1) is 12.1 Å². The molecule has 9 heteroatoms. The van der Waals surface area contributed by atoms with Crippen LogP contribution in [0.5, 0.6) is 0 Å². The molecule has 5 nitrogen and oxygen atoms in total. The molecule has 0 spiro atoms. The van der Waals surface area contributed by atoms with Crippen LogP contribution >= 0.6 is 11.3 Å². The summed E-state index contributed by atoms with van der Waals surface area (Å²) in [6.07, 6.45) is -3.08. The maximum atomic E-state index is 12.9. The number of nitrogens with one attached hydrogen (secondary N) is 1. The van der Waals surface area contributed by atoms with E-state index < -0.39 is 17.6 Å². The average molecular weight is 393 g/mol. The van der Waals surface area contributed by atoms with Crippen LogP contribution in [0.1, 0.15) is 27.3 Å². The average Bonchev–Trinajstić information content (AvgIpc) is 3.10. The Morgan fingerprint density at radius 2 is 2.07 bits per heavy atom. The quantitative estimate of drug-likeness (QED) is 0.543. The zero-order valence-electron chi connectivity index (χ0n) is 14.1. The summed E-state index contributed by atoms with van der Waals surface area (Å²) in [6.45, 7) is 1.42. The van der Waals surface area contributed by atoms with Gasteiger partial charge in [-0.15, -0.1) is 11.3 Å². The number of hydrogen-bond acceptors (Lipinski definition) is 4. The van der Waals surface area contributed by atoms with E-state index in [1.54, 1.807) is 18.2 Å². The number of aromatic nitrogens is 2. The molecule has 3 rings (SSSR count). The number of thiazole rings is 1. The van der Waals surface area contributed by atoms with Gasteiger partial charge in [0.2, 0.25) is 5.69 Å². The van der Waals surface area contributed by atoms with Crippen molar-refractivity contribution >= 4 is 17.2 Å². The van der Waals surface area contributed by atoms with Gasteiger partial charge in [-0.05, 0) is 30.7 Å². The number of amides is 1. The van der Waals surface area contributed by atoms with Gasteiger partial charge in [-0.2, -0.15) is 17.9 Å². The van der Waals surface area contributed by atoms with Gasteiger partial charge in [0, 0.05) is 23.1 Å². The van der Waals surface area contributed by atoms with E-state index in [-0.39, 0.29) is 17.8 Å². The minimum absolute atomic E-state index is 0.0371. The molecule has 0 fully saturated rings. The highest BCUT2D eigenvalue weighted by Gasteiger charge is 2.32. The van der Waals surface area contributed by atoms with Gasteiger partial charge >= 0.3 is 6.18 Å². The van der Waals surface area contributed by atoms with Crippen LogP contribution < -0.4 is 10.0 Å². The number of hydrogen-bond donors (Lipinski definition) is 1. The summed E-state index contributed by atoms with van der Waals surface area (Å²) in [5, 5.41) is 16.1. The SMILES string of the molecule is Cc1cc(-c2nc(C(=O)NCc3cccc[n+]3[O-])cs2)ccc1C(F)(F)F. The number of pyridine rings is 1. The lowest BCUT2D eigenvalue weighted by Gasteiger charge is -2.10. The van der Waals surface area contributed by atoms with Crippen molar-refractivity contribution in [2.45, 2.75) is 19.6 Å². The molecule has 0 atom stereocenters. The molecule has 3 aromatic rings. The van der Waals surface area contributed by atoms with Crippen LogP contribution in [0.25, 0.3) is 10.6 Å². The maximum Gasteiger partial charge on any atom is 0.416 e. The summed E-state index contributed by atoms with van der Waals surface area (Å²) in [6, 6.07) is 8.59. The normalized spacial score (nSPS) is 11.4. The van der Waals surface area contributed by atoms with E-state index in [0.717, 1.165) is 17.4 Å². The predicted octanol–water partition coefficient (Wildman–Crippen LogP) is 3.70. The summed E-state index contributed by atoms with van der Waals surface area (Å²) in [5.74, 6) is -0.468. The molecule has 0 bridgehead atoms. The van der Waals surface area contributed by atoms with E-state index in [9.17, 15) is 23.2 Å². The number of benzene rings is 1. The topological polar surface area (TPSA) is 68.9 Å². The van der Waals surface area contributed by atoms with E-state index in [2.05, 4.69) is 10.3 Å². The van der Waals surface area contributed by atoms with Crippen LogP contribution in [-0.4, -0.2) is 10.9 Å². The number of nitrogens with zero attached hydrogens (tertiary/aromatic N) is 2. The smallest absolute Gasteiger partial charge is 0.416 e. The number of aryl methyl sites for hydroxylation is 1. The zero-order valence-corrected chi connectivity index (χ0v) is 14.9. The van der Waals surface area contributed by atoms with Crippen molar-refractivity contribution in [2.24, 2.45) is 0 Å². The van der Waals surface area contributed by atoms with Gasteiger partial charge in [0.1, 0.15) is 17.2 Å². The lowest BCUT2D eigenvalue weighted by molar-refractivity contribution is -0.614. The van der Waals surface area contributed by atoms with Gasteiger partial charge in [-0.3, -0.25) is 4.79 Å². The molecule has 140 valence electrons. The highest BCUT2D eigenvalue weighted by Crippen LogP contribution is 2.34. The number of carbonyl (C=O) groups is 1. The molecular formula is C18H14F3N3O2S. The van der Waals surface area contributed by atoms with Crippen LogP contribution in [0.3, 0.4) is 0 Å². The fourth-order valence-electron chi connectivity index (χ4n) is 2.49. The molecule has 0 unspecified atom stereocenters. The van der Waals surface area contributed by atoms with Crippen LogP contribution in [0.4, 0.5) is 13.2 Å². The Balaban J connectivity index is 1.74. The standard InChI is InChI=1S/C18H14F3N3O2S/c1-11-8-12(5-6-14(11)18(19,20)21)17-23-15(10-27-17)16(25)22-9-13-4-2-3-7-24(13)26/h2-8,10H,9H2,1H3,(H,22,25). The fourth-order valence-corrected chi connectivity index (χ4v) is 3.28. The Morgan fingerprint density at radius 3 is 2.74 bits per heavy atom. The molecule has 0 saturated heterocycles. The monoisotopic (exact) mass is 393 g/mol. The molecule has 1 amide bonds. The molecule has 0 radical (unpaired) electrons. The lowest BCUT2D eigenvalue weighted by atomic mass is 10.1. The van der Waals surface area contributed by atoms with E-state index in [1.165, 1.54) is 30.6 Å². The van der Waals surface area contributed by atoms with E-state index >= 15 is 0 Å². The van der Waals surface area contributed by atoms with Crippen molar-refractivity contribution in [1.82, 2.24) is 10.3 Å². The number of halogens is 3. The third-order valence-corrected chi connectivity index (χ3v) is 4.74. The highest BCUT2D eigenvalue weighted by atomic mass is 32.1. The van der Waals surface area contributed by atoms with Gasteiger partial charge in [0.25, 0.3) is 5.91 Å². The molecule has 0 saturated carbocycles. The number of rotatable bonds is 4. The largest absolute Gasteiger partial charge is 0.618 e. The molecule has 0 aliphatic carbocycles. The first kappa shape index (κ1) is 18.8. The molecular weight excluding hydrogens is 379 g/mol. The maximum absolute atomic E-state index is 12.9. The molecule has 27 heavy (non-hydrogen) atoms. The van der Waals surface area contributed by atoms with Crippen molar-refractivity contribution in [2.75, 3.05) is 0 Å². The molecule has 0 aliphatic heterocycles. The summed E-state index contributed by atoms with van der Waals surface area (Å²) in [5.41, 5.74) is 0.408. The molecule has 2 heterocycles. The first-order chi connectivity index (χ1) is 12.8. The van der Waals surface area contributed by atoms with Gasteiger partial charge in [0.15, 0.2) is 6.20 Å². The van der Waals surface area contributed by atoms with Crippen molar-refractivity contribution in [1.29, 1.82) is 0 Å². The highest BCUT2D eigenvalue weighted by molar-refractivity contribution is 7.13. The first-order valence-corrected chi connectivity index (χ1v) is 8.72. The van der Waals surface area contributed by atoms with Crippen LogP contribution in [0.15, 0.2) is 48.0 Å². The van der Waals surface area contributed by atoms with Gasteiger partial charge < -0.3 is 10.5 Å². The minimum Gasteiger partial charge on any atom is -0.618 e. The molecule has 1 aromatic carbocycles. The van der Waals surface area contributed by atoms with Crippen LogP contribution in [0.2, 0.25) is 0 Å². The van der Waals surface area contributed by atoms with Crippen molar-refractivity contribution in [3.8, 4) is 10.6 Å². The second kappa shape index (κ2) is 7.36. The minimum atomic E-state index is -4.41. The van der Waals surface area contributed by atoms with Crippen molar-refractivity contribution in [3.05, 3.63) is 75.7 Å². The second-order valence-electron chi connectivity index (χ2n) is 5.77.